The molecule has 0 spiro atoms. The van der Waals surface area contributed by atoms with Crippen LogP contribution >= 0.6 is 0 Å². The van der Waals surface area contributed by atoms with Gasteiger partial charge in [-0.05, 0) is 34.6 Å². The van der Waals surface area contributed by atoms with Crippen LogP contribution in [0.3, 0.4) is 0 Å². The molecule has 21 heavy (non-hydrogen) atoms. The Labute approximate surface area is 123 Å². The molecule has 1 aliphatic heterocycles. The van der Waals surface area contributed by atoms with Crippen LogP contribution in [0.15, 0.2) is 16.9 Å². The number of ether oxygens (including phenoxy) is 2. The van der Waals surface area contributed by atoms with Crippen molar-refractivity contribution in [1.29, 1.82) is 0 Å². The number of nitrogens with zero attached hydrogens (tertiary/aromatic N) is 2. The number of carbonyl (C=O) groups excluding carboxylic acids is 1. The first kappa shape index (κ1) is 15.8. The van der Waals surface area contributed by atoms with Crippen molar-refractivity contribution in [2.45, 2.75) is 58.1 Å². The van der Waals surface area contributed by atoms with Gasteiger partial charge in [-0.3, -0.25) is 4.90 Å². The summed E-state index contributed by atoms with van der Waals surface area (Å²) in [7, 11) is 0. The fourth-order valence-electron chi connectivity index (χ4n) is 2.28. The third-order valence-corrected chi connectivity index (χ3v) is 3.18. The number of aliphatic hydroxyl groups excluding tert-OH is 1. The minimum Gasteiger partial charge on any atom is -0.446 e. The Bertz CT molecular complexity index is 492. The van der Waals surface area contributed by atoms with Gasteiger partial charge in [-0.1, -0.05) is 0 Å². The quantitative estimate of drug-likeness (QED) is 0.899. The van der Waals surface area contributed by atoms with Crippen LogP contribution in [-0.2, 0) is 9.47 Å². The second-order valence-electron chi connectivity index (χ2n) is 6.49. The number of oxazole rings is 1. The van der Waals surface area contributed by atoms with E-state index >= 15 is 0 Å². The molecule has 118 valence electrons. The minimum absolute atomic E-state index is 0.148. The van der Waals surface area contributed by atoms with Crippen LogP contribution in [0.1, 0.15) is 46.6 Å². The first-order chi connectivity index (χ1) is 9.62. The van der Waals surface area contributed by atoms with Crippen molar-refractivity contribution < 1.29 is 23.8 Å². The molecule has 0 saturated carbocycles. The number of carbonyl (C=O) groups is 1. The average Bonchev–Trinajstić information content (AvgIpc) is 2.92. The van der Waals surface area contributed by atoms with Gasteiger partial charge in [0.05, 0.1) is 18.8 Å². The fraction of sp³-hybridized carbons (Fsp3) is 0.714. The lowest BCUT2D eigenvalue weighted by molar-refractivity contribution is -0.0689. The van der Waals surface area contributed by atoms with E-state index in [9.17, 15) is 9.90 Å². The molecule has 1 fully saturated rings. The van der Waals surface area contributed by atoms with Gasteiger partial charge in [0.25, 0.3) is 0 Å². The van der Waals surface area contributed by atoms with E-state index in [1.807, 2.05) is 0 Å². The first-order valence-corrected chi connectivity index (χ1v) is 6.85. The van der Waals surface area contributed by atoms with E-state index < -0.39 is 29.6 Å². The maximum Gasteiger partial charge on any atom is 0.413 e. The van der Waals surface area contributed by atoms with Gasteiger partial charge in [0.15, 0.2) is 6.10 Å². The molecule has 0 aromatic carbocycles. The lowest BCUT2D eigenvalue weighted by atomic mass is 10.1. The van der Waals surface area contributed by atoms with E-state index in [1.54, 1.807) is 34.6 Å². The summed E-state index contributed by atoms with van der Waals surface area (Å²) < 4.78 is 16.1. The Morgan fingerprint density at radius 1 is 1.57 bits per heavy atom. The zero-order chi connectivity index (χ0) is 15.8. The van der Waals surface area contributed by atoms with Crippen LogP contribution in [0.25, 0.3) is 0 Å². The van der Waals surface area contributed by atoms with E-state index in [0.29, 0.717) is 0 Å². The van der Waals surface area contributed by atoms with Gasteiger partial charge >= 0.3 is 6.09 Å². The van der Waals surface area contributed by atoms with Gasteiger partial charge < -0.3 is 19.0 Å². The third kappa shape index (κ3) is 3.36. The van der Waals surface area contributed by atoms with Crippen molar-refractivity contribution >= 4 is 6.09 Å². The summed E-state index contributed by atoms with van der Waals surface area (Å²) in [5.41, 5.74) is -1.51. The van der Waals surface area contributed by atoms with Crippen molar-refractivity contribution in [2.75, 3.05) is 6.61 Å². The molecule has 0 bridgehead atoms. The third-order valence-electron chi connectivity index (χ3n) is 3.18. The molecule has 7 nitrogen and oxygen atoms in total. The molecular formula is C14H22N2O5. The predicted octanol–water partition coefficient (Wildman–Crippen LogP) is 2.08. The van der Waals surface area contributed by atoms with Crippen molar-refractivity contribution in [3.8, 4) is 0 Å². The molecular weight excluding hydrogens is 276 g/mol. The van der Waals surface area contributed by atoms with Gasteiger partial charge in [-0.25, -0.2) is 9.78 Å². The van der Waals surface area contributed by atoms with Crippen molar-refractivity contribution in [3.05, 3.63) is 18.4 Å². The smallest absolute Gasteiger partial charge is 0.413 e. The molecule has 1 aliphatic rings. The van der Waals surface area contributed by atoms with E-state index in [2.05, 4.69) is 4.98 Å². The molecule has 1 N–H and O–H groups in total. The summed E-state index contributed by atoms with van der Waals surface area (Å²) in [6, 6.07) is -0.617. The Morgan fingerprint density at radius 3 is 2.76 bits per heavy atom. The molecule has 1 aromatic heterocycles. The number of amides is 1. The van der Waals surface area contributed by atoms with Gasteiger partial charge in [-0.2, -0.15) is 0 Å². The number of rotatable bonds is 2. The zero-order valence-corrected chi connectivity index (χ0v) is 13.0. The van der Waals surface area contributed by atoms with Crippen LogP contribution in [-0.4, -0.2) is 45.1 Å². The fourth-order valence-corrected chi connectivity index (χ4v) is 2.28. The summed E-state index contributed by atoms with van der Waals surface area (Å²) in [5, 5.41) is 10.4. The summed E-state index contributed by atoms with van der Waals surface area (Å²) in [6.45, 7) is 9.03. The summed E-state index contributed by atoms with van der Waals surface area (Å²) in [5.74, 6) is 0.148. The highest BCUT2D eigenvalue weighted by atomic mass is 16.6. The van der Waals surface area contributed by atoms with Crippen LogP contribution in [0.4, 0.5) is 4.79 Å². The highest BCUT2D eigenvalue weighted by molar-refractivity contribution is 5.70. The largest absolute Gasteiger partial charge is 0.446 e. The van der Waals surface area contributed by atoms with Gasteiger partial charge in [0.2, 0.25) is 5.89 Å². The van der Waals surface area contributed by atoms with E-state index in [4.69, 9.17) is 13.9 Å². The molecule has 2 rings (SSSR count). The molecule has 1 unspecified atom stereocenters. The molecule has 2 atom stereocenters. The van der Waals surface area contributed by atoms with Gasteiger partial charge in [-0.15, -0.1) is 0 Å². The molecule has 1 aromatic rings. The van der Waals surface area contributed by atoms with Crippen LogP contribution < -0.4 is 0 Å². The number of aromatic nitrogens is 1. The van der Waals surface area contributed by atoms with Crippen LogP contribution in [0.5, 0.6) is 0 Å². The summed E-state index contributed by atoms with van der Waals surface area (Å²) in [4.78, 5) is 17.7. The van der Waals surface area contributed by atoms with Crippen molar-refractivity contribution in [1.82, 2.24) is 9.88 Å². The molecule has 1 amide bonds. The number of aliphatic hydroxyl groups is 1. The highest BCUT2D eigenvalue weighted by Crippen LogP contribution is 2.34. The summed E-state index contributed by atoms with van der Waals surface area (Å²) >= 11 is 0. The second-order valence-corrected chi connectivity index (χ2v) is 6.49. The molecule has 0 aliphatic carbocycles. The standard InChI is InChI=1S/C14H22N2O5/c1-13(2,3)21-12(18)16-9(8-20-14(16,4)5)10(17)11-15-6-7-19-11/h6-7,9-10,17H,8H2,1-5H3/t9-,10?/m1/s1. The highest BCUT2D eigenvalue weighted by Gasteiger charge is 2.49. The van der Waals surface area contributed by atoms with Gasteiger partial charge in [0, 0.05) is 0 Å². The summed E-state index contributed by atoms with van der Waals surface area (Å²) in [6.07, 6.45) is 1.20. The molecule has 0 radical (unpaired) electrons. The van der Waals surface area contributed by atoms with Crippen LogP contribution in [0, 0.1) is 0 Å². The molecule has 7 heteroatoms. The first-order valence-electron chi connectivity index (χ1n) is 6.85. The Morgan fingerprint density at radius 2 is 2.24 bits per heavy atom. The van der Waals surface area contributed by atoms with Crippen molar-refractivity contribution in [3.63, 3.8) is 0 Å². The average molecular weight is 298 g/mol. The zero-order valence-electron chi connectivity index (χ0n) is 13.0. The predicted molar refractivity (Wildman–Crippen MR) is 73.4 cm³/mol. The van der Waals surface area contributed by atoms with Gasteiger partial charge in [0.1, 0.15) is 17.6 Å². The second kappa shape index (κ2) is 5.31. The van der Waals surface area contributed by atoms with Crippen LogP contribution in [0.2, 0.25) is 0 Å². The Kier molecular flexibility index (Phi) is 3.99. The minimum atomic E-state index is -1.07. The normalized spacial score (nSPS) is 23.1. The monoisotopic (exact) mass is 298 g/mol. The van der Waals surface area contributed by atoms with E-state index in [0.717, 1.165) is 0 Å². The van der Waals surface area contributed by atoms with E-state index in [-0.39, 0.29) is 12.5 Å². The lowest BCUT2D eigenvalue weighted by Gasteiger charge is -2.35. The lowest BCUT2D eigenvalue weighted by Crippen LogP contribution is -2.51. The maximum absolute atomic E-state index is 12.4. The topological polar surface area (TPSA) is 85.0 Å². The maximum atomic E-state index is 12.4. The van der Waals surface area contributed by atoms with Crippen molar-refractivity contribution in [2.24, 2.45) is 0 Å². The molecule has 1 saturated heterocycles. The molecule has 2 heterocycles. The SMILES string of the molecule is CC(C)(C)OC(=O)N1[C@@H](C(O)c2ncco2)COC1(C)C. The number of hydrogen-bond acceptors (Lipinski definition) is 6. The number of hydrogen-bond donors (Lipinski definition) is 1. The Hall–Kier alpha value is -1.60. The Balaban J connectivity index is 2.23. The van der Waals surface area contributed by atoms with E-state index in [1.165, 1.54) is 17.4 Å².